The maximum absolute atomic E-state index is 6.13. The van der Waals surface area contributed by atoms with Crippen LogP contribution in [0.25, 0.3) is 88.9 Å². The minimum Gasteiger partial charge on any atom is -0.368 e. The van der Waals surface area contributed by atoms with Crippen LogP contribution in [-0.4, -0.2) is 64.8 Å². The molecule has 14 rings (SSSR count). The summed E-state index contributed by atoms with van der Waals surface area (Å²) in [5, 5.41) is 13.3. The molecule has 7 N–H and O–H groups in total. The third-order valence-corrected chi connectivity index (χ3v) is 13.9. The average molecular weight is 1160 g/mol. The average Bonchev–Trinajstić information content (AvgIpc) is 3.11. The van der Waals surface area contributed by atoms with Crippen molar-refractivity contribution in [2.45, 2.75) is 19.6 Å². The molecule has 14 aromatic rings. The molecule has 0 saturated heterocycles. The van der Waals surface area contributed by atoms with Crippen LogP contribution in [0.5, 0.6) is 0 Å². The summed E-state index contributed by atoms with van der Waals surface area (Å²) in [6.45, 7) is 1.63. The molecule has 0 aliphatic carbocycles. The molecule has 0 saturated carbocycles. The number of halogens is 1. The Morgan fingerprint density at radius 3 is 0.954 bits per heavy atom. The van der Waals surface area contributed by atoms with Gasteiger partial charge >= 0.3 is 0 Å². The Hall–Kier alpha value is -11.8. The molecule has 18 nitrogen and oxygen atoms in total. The van der Waals surface area contributed by atoms with E-state index in [2.05, 4.69) is 115 Å². The molecule has 8 heterocycles. The number of fused-ring (bicyclic) bond motifs is 3. The minimum absolute atomic E-state index is 0.212. The first-order valence-corrected chi connectivity index (χ1v) is 28.1. The van der Waals surface area contributed by atoms with E-state index in [-0.39, 0.29) is 17.2 Å². The Labute approximate surface area is 505 Å². The smallest absolute Gasteiger partial charge is 0.224 e. The van der Waals surface area contributed by atoms with Gasteiger partial charge in [0.25, 0.3) is 0 Å². The predicted octanol–water partition coefficient (Wildman–Crippen LogP) is 13.6. The zero-order chi connectivity index (χ0) is 59.2. The number of hydrogen-bond acceptors (Lipinski definition) is 18. The van der Waals surface area contributed by atoms with Crippen molar-refractivity contribution in [1.29, 1.82) is 0 Å². The van der Waals surface area contributed by atoms with Gasteiger partial charge in [-0.25, -0.2) is 49.8 Å². The van der Waals surface area contributed by atoms with Crippen LogP contribution >= 0.6 is 11.6 Å². The lowest BCUT2D eigenvalue weighted by Crippen LogP contribution is -2.06. The molecule has 0 aliphatic rings. The number of benzene rings is 6. The first kappa shape index (κ1) is 55.8. The van der Waals surface area contributed by atoms with Crippen molar-refractivity contribution in [3.63, 3.8) is 0 Å². The molecule has 0 aliphatic heterocycles. The van der Waals surface area contributed by atoms with Gasteiger partial charge in [0.05, 0.1) is 80.6 Å². The second kappa shape index (κ2) is 26.7. The second-order valence-electron chi connectivity index (χ2n) is 19.5. The quantitative estimate of drug-likeness (QED) is 0.0634. The van der Waals surface area contributed by atoms with Crippen molar-refractivity contribution in [3.05, 3.63) is 266 Å². The lowest BCUT2D eigenvalue weighted by Gasteiger charge is -2.14. The van der Waals surface area contributed by atoms with E-state index >= 15 is 0 Å². The van der Waals surface area contributed by atoms with E-state index < -0.39 is 0 Å². The van der Waals surface area contributed by atoms with Crippen molar-refractivity contribution in [2.24, 2.45) is 0 Å². The summed E-state index contributed by atoms with van der Waals surface area (Å²) >= 11 is 6.13. The van der Waals surface area contributed by atoms with Crippen molar-refractivity contribution in [3.8, 4) is 56.2 Å². The zero-order valence-corrected chi connectivity index (χ0v) is 47.3. The van der Waals surface area contributed by atoms with Crippen LogP contribution in [0.2, 0.25) is 5.28 Å². The topological polar surface area (TPSA) is 256 Å². The number of nitrogens with zero attached hydrogens (tertiary/aromatic N) is 13. The summed E-state index contributed by atoms with van der Waals surface area (Å²) in [5.41, 5.74) is 24.4. The number of rotatable bonds is 14. The zero-order valence-electron chi connectivity index (χ0n) is 46.6. The molecule has 87 heavy (non-hydrogen) atoms. The third kappa shape index (κ3) is 13.5. The van der Waals surface area contributed by atoms with Crippen LogP contribution in [0, 0.1) is 0 Å². The number of hydrogen-bond donors (Lipinski definition) is 5. The van der Waals surface area contributed by atoms with Gasteiger partial charge in [0, 0.05) is 43.4 Å². The van der Waals surface area contributed by atoms with Gasteiger partial charge in [-0.3, -0.25) is 15.0 Å². The molecular formula is C68H53ClN18. The molecule has 0 amide bonds. The van der Waals surface area contributed by atoms with Gasteiger partial charge in [0.15, 0.2) is 11.6 Å². The number of nitrogen functional groups attached to an aromatic ring is 2. The van der Waals surface area contributed by atoms with E-state index in [1.807, 2.05) is 146 Å². The highest BCUT2D eigenvalue weighted by Gasteiger charge is 2.18. The standard InChI is InChI=1S/2C24H19N7.C20H15ClN4/c2*25-24-28-13-17(14-29-24)22-30-20-11-6-10-19(16-7-2-1-3-8-16)21(20)23(31-22)27-15-18-9-4-5-12-26-18;21-20-24-17-11-6-10-16(14-7-2-1-3-8-14)18(17)19(25-20)23-13-15-9-4-5-12-22-15/h2*1-14H,15H2,(H2,25,28,29)(H,27,30,31);1-12H,13H2,(H,23,24,25). The second-order valence-corrected chi connectivity index (χ2v) is 19.9. The van der Waals surface area contributed by atoms with Crippen molar-refractivity contribution < 1.29 is 0 Å². The molecule has 6 aromatic carbocycles. The number of pyridine rings is 3. The highest BCUT2D eigenvalue weighted by Crippen LogP contribution is 2.37. The molecule has 0 unspecified atom stereocenters. The molecule has 0 atom stereocenters. The van der Waals surface area contributed by atoms with Crippen molar-refractivity contribution >= 4 is 73.7 Å². The number of nitrogens with one attached hydrogen (secondary N) is 3. The number of anilines is 5. The molecule has 0 bridgehead atoms. The maximum Gasteiger partial charge on any atom is 0.224 e. The van der Waals surface area contributed by atoms with Crippen LogP contribution in [-0.2, 0) is 19.6 Å². The molecular weight excluding hydrogens is 1100 g/mol. The van der Waals surface area contributed by atoms with Crippen LogP contribution in [0.3, 0.4) is 0 Å². The summed E-state index contributed by atoms with van der Waals surface area (Å²) in [7, 11) is 0. The molecule has 422 valence electrons. The van der Waals surface area contributed by atoms with Crippen molar-refractivity contribution in [2.75, 3.05) is 27.4 Å². The van der Waals surface area contributed by atoms with Crippen LogP contribution in [0.4, 0.5) is 29.4 Å². The molecule has 0 radical (unpaired) electrons. The van der Waals surface area contributed by atoms with Crippen LogP contribution in [0.1, 0.15) is 17.1 Å². The van der Waals surface area contributed by atoms with Gasteiger partial charge in [-0.2, -0.15) is 0 Å². The summed E-state index contributed by atoms with van der Waals surface area (Å²) < 4.78 is 0. The summed E-state index contributed by atoms with van der Waals surface area (Å²) in [4.78, 5) is 57.5. The summed E-state index contributed by atoms with van der Waals surface area (Å²) in [6, 6.07) is 66.3. The van der Waals surface area contributed by atoms with Gasteiger partial charge in [-0.1, -0.05) is 146 Å². The fourth-order valence-electron chi connectivity index (χ4n) is 9.68. The Balaban J connectivity index is 0.000000128. The Morgan fingerprint density at radius 2 is 0.621 bits per heavy atom. The fraction of sp³-hybridized carbons (Fsp3) is 0.0441. The van der Waals surface area contributed by atoms with E-state index in [0.717, 1.165) is 94.8 Å². The highest BCUT2D eigenvalue weighted by molar-refractivity contribution is 6.29. The lowest BCUT2D eigenvalue weighted by molar-refractivity contribution is 1.03. The third-order valence-electron chi connectivity index (χ3n) is 13.7. The van der Waals surface area contributed by atoms with Crippen LogP contribution in [0.15, 0.2) is 244 Å². The first-order chi connectivity index (χ1) is 42.9. The lowest BCUT2D eigenvalue weighted by atomic mass is 10.0. The molecule has 8 aromatic heterocycles. The first-order valence-electron chi connectivity index (χ1n) is 27.7. The van der Waals surface area contributed by atoms with E-state index in [0.29, 0.717) is 48.2 Å². The number of nitrogens with two attached hydrogens (primary N) is 2. The Bertz CT molecular complexity index is 4370. The van der Waals surface area contributed by atoms with Crippen LogP contribution < -0.4 is 27.4 Å². The van der Waals surface area contributed by atoms with Gasteiger partial charge < -0.3 is 27.4 Å². The van der Waals surface area contributed by atoms with Gasteiger partial charge in [-0.05, 0) is 99.6 Å². The SMILES string of the molecule is Clc1nc(NCc2ccccn2)c2c(-c3ccccc3)cccc2n1.Nc1ncc(-c2nc(NCc3ccccn3)c3c(-c4ccccc4)cccc3n2)cn1.Nc1ncc(-c2nc(NCc3ccccn3)c3c(-c4ccccc4)cccc3n2)cn1. The fourth-order valence-corrected chi connectivity index (χ4v) is 9.85. The number of aromatic nitrogens is 13. The Kier molecular flexibility index (Phi) is 17.1. The summed E-state index contributed by atoms with van der Waals surface area (Å²) in [6.07, 6.45) is 11.9. The van der Waals surface area contributed by atoms with Gasteiger partial charge in [0.1, 0.15) is 17.5 Å². The van der Waals surface area contributed by atoms with E-state index in [9.17, 15) is 0 Å². The van der Waals surface area contributed by atoms with Gasteiger partial charge in [-0.15, -0.1) is 0 Å². The maximum atomic E-state index is 6.13. The molecule has 19 heteroatoms. The van der Waals surface area contributed by atoms with E-state index in [1.54, 1.807) is 43.4 Å². The normalized spacial score (nSPS) is 10.8. The Morgan fingerprint density at radius 1 is 0.299 bits per heavy atom. The predicted molar refractivity (Wildman–Crippen MR) is 345 cm³/mol. The molecule has 0 fully saturated rings. The largest absolute Gasteiger partial charge is 0.368 e. The monoisotopic (exact) mass is 1160 g/mol. The van der Waals surface area contributed by atoms with E-state index in [1.165, 1.54) is 0 Å². The van der Waals surface area contributed by atoms with Gasteiger partial charge in [0.2, 0.25) is 17.2 Å². The van der Waals surface area contributed by atoms with E-state index in [4.69, 9.17) is 43.0 Å². The summed E-state index contributed by atoms with van der Waals surface area (Å²) in [5.74, 6) is 3.64. The van der Waals surface area contributed by atoms with Crippen molar-refractivity contribution in [1.82, 2.24) is 64.8 Å². The highest BCUT2D eigenvalue weighted by atomic mass is 35.5. The molecule has 0 spiro atoms. The minimum atomic E-state index is 0.212.